The fraction of sp³-hybridized carbons (Fsp3) is 0.115. The lowest BCUT2D eigenvalue weighted by atomic mass is 9.90. The standard InChI is InChI=1S/C26H20N2O3/c29-23-15-14-20(26(30)28-23)21-16-31-25-19(21)12-7-13-22(25)27-24(17-8-3-1-4-9-17)18-10-5-2-6-11-18/h1-13,16,20H,14-15H2,(H,28,29,30). The van der Waals surface area contributed by atoms with E-state index in [0.717, 1.165) is 27.8 Å². The summed E-state index contributed by atoms with van der Waals surface area (Å²) in [7, 11) is 0. The van der Waals surface area contributed by atoms with Crippen LogP contribution in [0.5, 0.6) is 0 Å². The van der Waals surface area contributed by atoms with Crippen LogP contribution in [0.4, 0.5) is 5.69 Å². The molecule has 3 aromatic carbocycles. The molecule has 0 bridgehead atoms. The molecule has 31 heavy (non-hydrogen) atoms. The van der Waals surface area contributed by atoms with Crippen LogP contribution in [0.15, 0.2) is 94.5 Å². The summed E-state index contributed by atoms with van der Waals surface area (Å²) in [5, 5.41) is 3.27. The maximum absolute atomic E-state index is 12.4. The first-order valence-electron chi connectivity index (χ1n) is 10.2. The molecule has 4 aromatic rings. The summed E-state index contributed by atoms with van der Waals surface area (Å²) < 4.78 is 5.91. The minimum absolute atomic E-state index is 0.227. The van der Waals surface area contributed by atoms with Gasteiger partial charge in [-0.3, -0.25) is 14.9 Å². The summed E-state index contributed by atoms with van der Waals surface area (Å²) in [6, 6.07) is 25.8. The molecular formula is C26H20N2O3. The first-order chi connectivity index (χ1) is 15.2. The second kappa shape index (κ2) is 8.03. The highest BCUT2D eigenvalue weighted by Gasteiger charge is 2.30. The van der Waals surface area contributed by atoms with Gasteiger partial charge in [-0.2, -0.15) is 0 Å². The summed E-state index contributed by atoms with van der Waals surface area (Å²) in [6.07, 6.45) is 2.42. The van der Waals surface area contributed by atoms with Crippen molar-refractivity contribution in [2.24, 2.45) is 4.99 Å². The van der Waals surface area contributed by atoms with Crippen molar-refractivity contribution in [1.29, 1.82) is 0 Å². The number of hydrogen-bond acceptors (Lipinski definition) is 4. The number of imide groups is 1. The van der Waals surface area contributed by atoms with Crippen molar-refractivity contribution < 1.29 is 14.0 Å². The van der Waals surface area contributed by atoms with Crippen LogP contribution in [0.1, 0.15) is 35.4 Å². The lowest BCUT2D eigenvalue weighted by molar-refractivity contribution is -0.134. The number of fused-ring (bicyclic) bond motifs is 1. The maximum Gasteiger partial charge on any atom is 0.234 e. The largest absolute Gasteiger partial charge is 0.462 e. The number of carbonyl (C=O) groups excluding carboxylic acids is 2. The SMILES string of the molecule is O=C1CCC(c2coc3c(N=C(c4ccccc4)c4ccccc4)cccc23)C(=O)N1. The van der Waals surface area contributed by atoms with E-state index >= 15 is 0 Å². The van der Waals surface area contributed by atoms with Gasteiger partial charge in [0.05, 0.1) is 17.9 Å². The van der Waals surface area contributed by atoms with Crippen LogP contribution >= 0.6 is 0 Å². The highest BCUT2D eigenvalue weighted by atomic mass is 16.3. The lowest BCUT2D eigenvalue weighted by Crippen LogP contribution is -2.39. The van der Waals surface area contributed by atoms with Crippen LogP contribution in [0, 0.1) is 0 Å². The number of hydrogen-bond donors (Lipinski definition) is 1. The van der Waals surface area contributed by atoms with Crippen LogP contribution < -0.4 is 5.32 Å². The molecule has 5 nitrogen and oxygen atoms in total. The molecule has 2 amide bonds. The van der Waals surface area contributed by atoms with E-state index in [4.69, 9.17) is 9.41 Å². The van der Waals surface area contributed by atoms with Crippen molar-refractivity contribution >= 4 is 34.2 Å². The third-order valence-electron chi connectivity index (χ3n) is 5.55. The highest BCUT2D eigenvalue weighted by Crippen LogP contribution is 2.37. The van der Waals surface area contributed by atoms with Gasteiger partial charge in [0, 0.05) is 28.5 Å². The summed E-state index contributed by atoms with van der Waals surface area (Å²) in [5.74, 6) is -0.905. The number of amides is 2. The van der Waals surface area contributed by atoms with E-state index in [1.54, 1.807) is 6.26 Å². The summed E-state index contributed by atoms with van der Waals surface area (Å²) in [5.41, 5.74) is 4.96. The van der Waals surface area contributed by atoms with E-state index in [-0.39, 0.29) is 11.8 Å². The first kappa shape index (κ1) is 19.0. The summed E-state index contributed by atoms with van der Waals surface area (Å²) in [4.78, 5) is 28.9. The Labute approximate surface area is 179 Å². The molecule has 1 atom stereocenters. The van der Waals surface area contributed by atoms with Crippen LogP contribution in [-0.4, -0.2) is 17.5 Å². The smallest absolute Gasteiger partial charge is 0.234 e. The van der Waals surface area contributed by atoms with Gasteiger partial charge in [-0.15, -0.1) is 0 Å². The highest BCUT2D eigenvalue weighted by molar-refractivity contribution is 6.15. The second-order valence-corrected chi connectivity index (χ2v) is 7.54. The van der Waals surface area contributed by atoms with Gasteiger partial charge in [0.15, 0.2) is 5.58 Å². The van der Waals surface area contributed by atoms with Crippen molar-refractivity contribution in [3.05, 3.63) is 102 Å². The zero-order valence-corrected chi connectivity index (χ0v) is 16.7. The molecule has 5 rings (SSSR count). The van der Waals surface area contributed by atoms with Crippen molar-refractivity contribution in [2.45, 2.75) is 18.8 Å². The molecule has 0 radical (unpaired) electrons. The average molecular weight is 408 g/mol. The van der Waals surface area contributed by atoms with Gasteiger partial charge >= 0.3 is 0 Å². The van der Waals surface area contributed by atoms with E-state index in [1.165, 1.54) is 0 Å². The van der Waals surface area contributed by atoms with Gasteiger partial charge in [-0.05, 0) is 12.5 Å². The van der Waals surface area contributed by atoms with E-state index < -0.39 is 5.92 Å². The molecule has 1 aliphatic rings. The first-order valence-corrected chi connectivity index (χ1v) is 10.2. The molecule has 0 spiro atoms. The Morgan fingerprint density at radius 1 is 0.871 bits per heavy atom. The van der Waals surface area contributed by atoms with Gasteiger partial charge in [-0.25, -0.2) is 4.99 Å². The monoisotopic (exact) mass is 408 g/mol. The molecule has 0 aliphatic carbocycles. The molecule has 1 fully saturated rings. The summed E-state index contributed by atoms with van der Waals surface area (Å²) in [6.45, 7) is 0. The Balaban J connectivity index is 1.63. The van der Waals surface area contributed by atoms with Gasteiger partial charge < -0.3 is 4.42 Å². The quantitative estimate of drug-likeness (QED) is 0.376. The third kappa shape index (κ3) is 3.66. The molecule has 1 N–H and O–H groups in total. The number of nitrogens with zero attached hydrogens (tertiary/aromatic N) is 1. The van der Waals surface area contributed by atoms with Gasteiger partial charge in [0.25, 0.3) is 0 Å². The van der Waals surface area contributed by atoms with Gasteiger partial charge in [0.1, 0.15) is 5.69 Å². The molecule has 5 heteroatoms. The van der Waals surface area contributed by atoms with Crippen LogP contribution in [-0.2, 0) is 9.59 Å². The number of benzene rings is 3. The van der Waals surface area contributed by atoms with Crippen molar-refractivity contribution in [3.63, 3.8) is 0 Å². The van der Waals surface area contributed by atoms with Crippen LogP contribution in [0.3, 0.4) is 0 Å². The number of rotatable bonds is 4. The molecule has 1 unspecified atom stereocenters. The Kier molecular flexibility index (Phi) is 4.92. The second-order valence-electron chi connectivity index (χ2n) is 7.54. The fourth-order valence-corrected chi connectivity index (χ4v) is 4.02. The minimum atomic E-state index is -0.402. The Hall–Kier alpha value is -3.99. The zero-order valence-electron chi connectivity index (χ0n) is 16.7. The summed E-state index contributed by atoms with van der Waals surface area (Å²) >= 11 is 0. The molecule has 1 saturated heterocycles. The van der Waals surface area contributed by atoms with E-state index in [2.05, 4.69) is 5.32 Å². The Bertz CT molecular complexity index is 1250. The normalized spacial score (nSPS) is 16.2. The van der Waals surface area contributed by atoms with Gasteiger partial charge in [-0.1, -0.05) is 72.8 Å². The zero-order chi connectivity index (χ0) is 21.2. The molecule has 1 aromatic heterocycles. The van der Waals surface area contributed by atoms with Crippen molar-refractivity contribution in [2.75, 3.05) is 0 Å². The van der Waals surface area contributed by atoms with Gasteiger partial charge in [0.2, 0.25) is 11.8 Å². The van der Waals surface area contributed by atoms with E-state index in [9.17, 15) is 9.59 Å². The minimum Gasteiger partial charge on any atom is -0.462 e. The van der Waals surface area contributed by atoms with Crippen molar-refractivity contribution in [3.8, 4) is 0 Å². The number of carbonyl (C=O) groups is 2. The number of nitrogens with one attached hydrogen (secondary N) is 1. The predicted octanol–water partition coefficient (Wildman–Crippen LogP) is 5.12. The van der Waals surface area contributed by atoms with E-state index in [1.807, 2.05) is 78.9 Å². The van der Waals surface area contributed by atoms with E-state index in [0.29, 0.717) is 24.1 Å². The number of aliphatic imine (C=N–C) groups is 1. The number of piperidine rings is 1. The van der Waals surface area contributed by atoms with Crippen molar-refractivity contribution in [1.82, 2.24) is 5.32 Å². The molecule has 2 heterocycles. The Morgan fingerprint density at radius 3 is 2.19 bits per heavy atom. The fourth-order valence-electron chi connectivity index (χ4n) is 4.02. The molecule has 0 saturated carbocycles. The molecule has 1 aliphatic heterocycles. The Morgan fingerprint density at radius 2 is 1.55 bits per heavy atom. The topological polar surface area (TPSA) is 71.7 Å². The molecular weight excluding hydrogens is 388 g/mol. The van der Waals surface area contributed by atoms with Crippen LogP contribution in [0.25, 0.3) is 11.0 Å². The maximum atomic E-state index is 12.4. The molecule has 152 valence electrons. The average Bonchev–Trinajstić information content (AvgIpc) is 3.23. The number of para-hydroxylation sites is 1. The predicted molar refractivity (Wildman–Crippen MR) is 120 cm³/mol. The lowest BCUT2D eigenvalue weighted by Gasteiger charge is -2.19. The van der Waals surface area contributed by atoms with Crippen LogP contribution in [0.2, 0.25) is 0 Å². The number of furan rings is 1. The third-order valence-corrected chi connectivity index (χ3v) is 5.55.